The second-order valence-corrected chi connectivity index (χ2v) is 5.80. The lowest BCUT2D eigenvalue weighted by Gasteiger charge is -2.08. The van der Waals surface area contributed by atoms with Crippen molar-refractivity contribution in [3.63, 3.8) is 0 Å². The third-order valence-electron chi connectivity index (χ3n) is 3.77. The first-order valence-electron chi connectivity index (χ1n) is 8.16. The summed E-state index contributed by atoms with van der Waals surface area (Å²) in [5.41, 5.74) is 6.42. The Hall–Kier alpha value is -3.26. The number of hydrogen-bond acceptors (Lipinski definition) is 4. The Labute approximate surface area is 154 Å². The van der Waals surface area contributed by atoms with Gasteiger partial charge in [-0.2, -0.15) is 5.10 Å². The molecule has 0 saturated carbocycles. The molecule has 0 spiro atoms. The number of amides is 1. The Morgan fingerprint density at radius 2 is 2.08 bits per heavy atom. The molecule has 0 atom stereocenters. The van der Waals surface area contributed by atoms with Crippen LogP contribution in [0.15, 0.2) is 41.5 Å². The largest absolute Gasteiger partial charge is 0.497 e. The van der Waals surface area contributed by atoms with Crippen LogP contribution < -0.4 is 14.9 Å². The van der Waals surface area contributed by atoms with Gasteiger partial charge in [0, 0.05) is 5.56 Å². The van der Waals surface area contributed by atoms with E-state index in [0.717, 1.165) is 11.1 Å². The minimum absolute atomic E-state index is 0.145. The molecule has 0 unspecified atom stereocenters. The van der Waals surface area contributed by atoms with Crippen molar-refractivity contribution in [2.75, 3.05) is 13.7 Å². The van der Waals surface area contributed by atoms with Crippen molar-refractivity contribution in [1.29, 1.82) is 0 Å². The highest BCUT2D eigenvalue weighted by molar-refractivity contribution is 5.86. The predicted octanol–water partition coefficient (Wildman–Crippen LogP) is 3.02. The van der Waals surface area contributed by atoms with Gasteiger partial charge in [-0.25, -0.2) is 5.43 Å². The van der Waals surface area contributed by atoms with Gasteiger partial charge in [0.05, 0.1) is 19.7 Å². The van der Waals surface area contributed by atoms with E-state index in [1.807, 2.05) is 26.0 Å². The number of carbonyl (C=O) groups is 1. The summed E-state index contributed by atoms with van der Waals surface area (Å²) in [6, 6.07) is 11.3. The van der Waals surface area contributed by atoms with Crippen molar-refractivity contribution in [3.8, 4) is 23.8 Å². The Morgan fingerprint density at radius 1 is 1.27 bits per heavy atom. The molecule has 0 fully saturated rings. The van der Waals surface area contributed by atoms with Crippen molar-refractivity contribution in [3.05, 3.63) is 58.7 Å². The summed E-state index contributed by atoms with van der Waals surface area (Å²) in [5, 5.41) is 4.02. The summed E-state index contributed by atoms with van der Waals surface area (Å²) in [6.45, 7) is 4.16. The van der Waals surface area contributed by atoms with E-state index >= 15 is 0 Å². The number of benzene rings is 2. The number of carbonyl (C=O) groups excluding carboxylic acids is 1. The lowest BCUT2D eigenvalue weighted by molar-refractivity contribution is -0.120. The molecule has 5 nitrogen and oxygen atoms in total. The van der Waals surface area contributed by atoms with Crippen LogP contribution in [0.4, 0.5) is 0 Å². The number of ether oxygens (including phenoxy) is 2. The molecular formula is C21H22N2O3. The number of hydrogen-bond donors (Lipinski definition) is 1. The Morgan fingerprint density at radius 3 is 2.77 bits per heavy atom. The van der Waals surface area contributed by atoms with Gasteiger partial charge in [-0.15, -0.1) is 6.42 Å². The van der Waals surface area contributed by atoms with Crippen LogP contribution in [0.3, 0.4) is 0 Å². The van der Waals surface area contributed by atoms with Gasteiger partial charge in [-0.3, -0.25) is 4.79 Å². The minimum Gasteiger partial charge on any atom is -0.497 e. The van der Waals surface area contributed by atoms with Gasteiger partial charge >= 0.3 is 0 Å². The van der Waals surface area contributed by atoms with Crippen molar-refractivity contribution in [2.24, 2.45) is 5.10 Å². The zero-order chi connectivity index (χ0) is 18.9. The van der Waals surface area contributed by atoms with E-state index in [2.05, 4.69) is 22.5 Å². The predicted molar refractivity (Wildman–Crippen MR) is 103 cm³/mol. The normalized spacial score (nSPS) is 10.4. The van der Waals surface area contributed by atoms with E-state index in [-0.39, 0.29) is 18.9 Å². The molecule has 0 bridgehead atoms. The molecule has 1 amide bonds. The van der Waals surface area contributed by atoms with Crippen LogP contribution in [-0.4, -0.2) is 25.8 Å². The van der Waals surface area contributed by atoms with Gasteiger partial charge < -0.3 is 9.47 Å². The van der Waals surface area contributed by atoms with Crippen LogP contribution in [-0.2, 0) is 11.2 Å². The summed E-state index contributed by atoms with van der Waals surface area (Å²) in [4.78, 5) is 12.1. The Balaban J connectivity index is 2.04. The summed E-state index contributed by atoms with van der Waals surface area (Å²) in [5.74, 6) is 3.44. The molecule has 134 valence electrons. The fourth-order valence-corrected chi connectivity index (χ4v) is 2.44. The molecular weight excluding hydrogens is 328 g/mol. The number of terminal acetylenes is 1. The highest BCUT2D eigenvalue weighted by Gasteiger charge is 2.06. The van der Waals surface area contributed by atoms with Gasteiger partial charge in [0.15, 0.2) is 0 Å². The van der Waals surface area contributed by atoms with Crippen LogP contribution in [0.1, 0.15) is 22.3 Å². The van der Waals surface area contributed by atoms with Crippen LogP contribution >= 0.6 is 0 Å². The average Bonchev–Trinajstić information content (AvgIpc) is 2.63. The number of hydrazone groups is 1. The quantitative estimate of drug-likeness (QED) is 0.474. The maximum Gasteiger partial charge on any atom is 0.244 e. The fourth-order valence-electron chi connectivity index (χ4n) is 2.44. The first kappa shape index (κ1) is 19.1. The smallest absolute Gasteiger partial charge is 0.244 e. The van der Waals surface area contributed by atoms with Crippen molar-refractivity contribution < 1.29 is 14.3 Å². The molecule has 26 heavy (non-hydrogen) atoms. The second kappa shape index (κ2) is 9.28. The van der Waals surface area contributed by atoms with E-state index in [0.29, 0.717) is 17.1 Å². The Kier molecular flexibility index (Phi) is 6.81. The average molecular weight is 350 g/mol. The van der Waals surface area contributed by atoms with Gasteiger partial charge in [-0.1, -0.05) is 29.7 Å². The molecule has 5 heteroatoms. The van der Waals surface area contributed by atoms with Crippen LogP contribution in [0, 0.1) is 26.2 Å². The zero-order valence-electron chi connectivity index (χ0n) is 15.2. The van der Waals surface area contributed by atoms with Crippen LogP contribution in [0.25, 0.3) is 0 Å². The van der Waals surface area contributed by atoms with Gasteiger partial charge in [0.2, 0.25) is 5.91 Å². The molecule has 0 aliphatic carbocycles. The first-order valence-corrected chi connectivity index (χ1v) is 8.16. The maximum absolute atomic E-state index is 12.1. The van der Waals surface area contributed by atoms with Gasteiger partial charge in [-0.05, 0) is 43.2 Å². The molecule has 1 N–H and O–H groups in total. The van der Waals surface area contributed by atoms with Gasteiger partial charge in [0.1, 0.15) is 18.1 Å². The number of rotatable bonds is 7. The lowest BCUT2D eigenvalue weighted by atomic mass is 10.0. The molecule has 0 aromatic heterocycles. The summed E-state index contributed by atoms with van der Waals surface area (Å²) in [6.07, 6.45) is 7.00. The zero-order valence-corrected chi connectivity index (χ0v) is 15.2. The molecule has 2 aromatic carbocycles. The molecule has 0 heterocycles. The number of nitrogens with one attached hydrogen (secondary N) is 1. The van der Waals surface area contributed by atoms with Crippen molar-refractivity contribution in [1.82, 2.24) is 5.43 Å². The molecule has 2 aromatic rings. The van der Waals surface area contributed by atoms with Crippen molar-refractivity contribution >= 4 is 12.1 Å². The lowest BCUT2D eigenvalue weighted by Crippen LogP contribution is -2.20. The monoisotopic (exact) mass is 350 g/mol. The minimum atomic E-state index is -0.192. The van der Waals surface area contributed by atoms with E-state index in [1.54, 1.807) is 25.3 Å². The topological polar surface area (TPSA) is 59.9 Å². The highest BCUT2D eigenvalue weighted by Crippen LogP contribution is 2.22. The van der Waals surface area contributed by atoms with E-state index < -0.39 is 0 Å². The summed E-state index contributed by atoms with van der Waals surface area (Å²) >= 11 is 0. The summed E-state index contributed by atoms with van der Waals surface area (Å²) in [7, 11) is 1.57. The second-order valence-electron chi connectivity index (χ2n) is 5.80. The molecule has 2 rings (SSSR count). The summed E-state index contributed by atoms with van der Waals surface area (Å²) < 4.78 is 10.7. The number of methoxy groups -OCH3 is 1. The molecule has 0 saturated heterocycles. The number of nitrogens with zero attached hydrogens (tertiary/aromatic N) is 1. The van der Waals surface area contributed by atoms with E-state index in [9.17, 15) is 4.79 Å². The van der Waals surface area contributed by atoms with Crippen molar-refractivity contribution in [2.45, 2.75) is 20.3 Å². The highest BCUT2D eigenvalue weighted by atomic mass is 16.5. The van der Waals surface area contributed by atoms with E-state index in [1.165, 1.54) is 11.8 Å². The fraction of sp³-hybridized carbons (Fsp3) is 0.238. The van der Waals surface area contributed by atoms with Gasteiger partial charge in [0.25, 0.3) is 0 Å². The van der Waals surface area contributed by atoms with Crippen LogP contribution in [0.2, 0.25) is 0 Å². The molecule has 0 aliphatic rings. The standard InChI is InChI=1S/C21H22N2O3/c1-5-10-26-20-9-8-19(25-4)12-18(20)14-22-23-21(24)13-17-7-6-15(2)11-16(17)3/h1,6-9,11-12,14H,10,13H2,2-4H3,(H,23,24)/b22-14+. The Bertz CT molecular complexity index is 851. The van der Waals surface area contributed by atoms with Crippen LogP contribution in [0.5, 0.6) is 11.5 Å². The molecule has 0 aliphatic heterocycles. The maximum atomic E-state index is 12.1. The first-order chi connectivity index (χ1) is 12.5. The molecule has 0 radical (unpaired) electrons. The third-order valence-corrected chi connectivity index (χ3v) is 3.77. The SMILES string of the molecule is C#CCOc1ccc(OC)cc1/C=N/NC(=O)Cc1ccc(C)cc1C. The number of aryl methyl sites for hydroxylation is 2. The third kappa shape index (κ3) is 5.38. The van der Waals surface area contributed by atoms with E-state index in [4.69, 9.17) is 15.9 Å².